The van der Waals surface area contributed by atoms with Crippen molar-refractivity contribution in [1.82, 2.24) is 14.5 Å². The second-order valence-corrected chi connectivity index (χ2v) is 5.66. The van der Waals surface area contributed by atoms with Gasteiger partial charge in [-0.05, 0) is 23.3 Å². The van der Waals surface area contributed by atoms with Crippen molar-refractivity contribution in [3.05, 3.63) is 47.3 Å². The molecule has 0 spiro atoms. The van der Waals surface area contributed by atoms with Crippen LogP contribution < -0.4 is 11.1 Å². The number of alkyl halides is 2. The number of pyridine rings is 1. The zero-order valence-electron chi connectivity index (χ0n) is 13.5. The van der Waals surface area contributed by atoms with E-state index >= 15 is 0 Å². The van der Waals surface area contributed by atoms with E-state index < -0.39 is 12.8 Å². The van der Waals surface area contributed by atoms with Gasteiger partial charge >= 0.3 is 0 Å². The minimum Gasteiger partial charge on any atom is -0.382 e. The van der Waals surface area contributed by atoms with Crippen LogP contribution in [0.25, 0.3) is 11.0 Å². The minimum absolute atomic E-state index is 0.295. The number of nitriles is 1. The number of fused-ring (bicyclic) bond motifs is 1. The first-order valence-electron chi connectivity index (χ1n) is 7.59. The molecule has 3 aromatic rings. The van der Waals surface area contributed by atoms with Gasteiger partial charge in [-0.2, -0.15) is 5.26 Å². The largest absolute Gasteiger partial charge is 0.382 e. The number of imidazole rings is 1. The maximum Gasteiger partial charge on any atom is 0.242 e. The molecule has 3 N–H and O–H groups in total. The van der Waals surface area contributed by atoms with Crippen molar-refractivity contribution < 1.29 is 8.78 Å². The Balaban J connectivity index is 1.86. The lowest BCUT2D eigenvalue weighted by atomic mass is 10.0. The van der Waals surface area contributed by atoms with Crippen LogP contribution in [0.3, 0.4) is 0 Å². The van der Waals surface area contributed by atoms with Crippen LogP contribution in [0.4, 0.5) is 20.4 Å². The molecule has 0 aliphatic rings. The van der Waals surface area contributed by atoms with Crippen molar-refractivity contribution in [3.63, 3.8) is 0 Å². The molecule has 0 saturated carbocycles. The molecule has 0 aliphatic heterocycles. The van der Waals surface area contributed by atoms with E-state index in [1.165, 1.54) is 6.07 Å². The highest BCUT2D eigenvalue weighted by atomic mass is 19.3. The zero-order chi connectivity index (χ0) is 18.0. The Morgan fingerprint density at radius 3 is 2.84 bits per heavy atom. The number of nitrogens with one attached hydrogen (secondary N) is 1. The van der Waals surface area contributed by atoms with E-state index in [2.05, 4.69) is 15.3 Å². The van der Waals surface area contributed by atoms with Gasteiger partial charge < -0.3 is 15.6 Å². The van der Waals surface area contributed by atoms with E-state index in [0.717, 1.165) is 5.52 Å². The van der Waals surface area contributed by atoms with Crippen LogP contribution in [-0.4, -0.2) is 21.0 Å². The molecule has 0 unspecified atom stereocenters. The van der Waals surface area contributed by atoms with Gasteiger partial charge in [0.05, 0.1) is 23.5 Å². The lowest BCUT2D eigenvalue weighted by Gasteiger charge is -2.12. The number of aryl methyl sites for hydroxylation is 1. The second kappa shape index (κ2) is 6.73. The van der Waals surface area contributed by atoms with Gasteiger partial charge in [0.2, 0.25) is 6.43 Å². The van der Waals surface area contributed by atoms with Crippen molar-refractivity contribution in [2.75, 3.05) is 11.1 Å². The Morgan fingerprint density at radius 2 is 2.12 bits per heavy atom. The van der Waals surface area contributed by atoms with Crippen LogP contribution in [-0.2, 0) is 20.0 Å². The highest BCUT2D eigenvalue weighted by Gasteiger charge is 2.12. The Hall–Kier alpha value is -3.21. The SMILES string of the molecule is Cn1cnc2c(N)nc(NCc3ccc(C#N)cc3CC(F)F)cc21. The summed E-state index contributed by atoms with van der Waals surface area (Å²) in [5, 5.41) is 12.0. The van der Waals surface area contributed by atoms with E-state index in [1.807, 2.05) is 17.7 Å². The van der Waals surface area contributed by atoms with Crippen LogP contribution in [0.2, 0.25) is 0 Å². The number of anilines is 2. The van der Waals surface area contributed by atoms with E-state index in [1.54, 1.807) is 24.5 Å². The van der Waals surface area contributed by atoms with Gasteiger partial charge in [0.15, 0.2) is 5.82 Å². The first-order chi connectivity index (χ1) is 12.0. The molecule has 0 radical (unpaired) electrons. The maximum atomic E-state index is 12.8. The number of hydrogen-bond acceptors (Lipinski definition) is 5. The highest BCUT2D eigenvalue weighted by molar-refractivity contribution is 5.87. The summed E-state index contributed by atoms with van der Waals surface area (Å²) in [7, 11) is 1.85. The molecule has 8 heteroatoms. The summed E-state index contributed by atoms with van der Waals surface area (Å²) < 4.78 is 27.4. The fourth-order valence-electron chi connectivity index (χ4n) is 2.65. The summed E-state index contributed by atoms with van der Waals surface area (Å²) in [6, 6.07) is 8.55. The topological polar surface area (TPSA) is 92.6 Å². The Labute approximate surface area is 142 Å². The Bertz CT molecular complexity index is 958. The summed E-state index contributed by atoms with van der Waals surface area (Å²) in [6.45, 7) is 0.295. The quantitative estimate of drug-likeness (QED) is 0.744. The molecule has 0 fully saturated rings. The third-order valence-corrected chi connectivity index (χ3v) is 3.91. The molecule has 0 aliphatic carbocycles. The molecule has 25 heavy (non-hydrogen) atoms. The van der Waals surface area contributed by atoms with E-state index in [0.29, 0.717) is 40.4 Å². The van der Waals surface area contributed by atoms with Gasteiger partial charge in [-0.15, -0.1) is 0 Å². The number of halogens is 2. The standard InChI is InChI=1S/C17H16F2N6/c1-25-9-23-16-13(25)6-15(24-17(16)21)22-8-11-3-2-10(7-20)4-12(11)5-14(18)19/h2-4,6,9,14H,5,8H2,1H3,(H3,21,22,24). The number of benzene rings is 1. The number of nitrogen functional groups attached to an aromatic ring is 1. The fraction of sp³-hybridized carbons (Fsp3) is 0.235. The molecule has 128 valence electrons. The number of nitrogens with zero attached hydrogens (tertiary/aromatic N) is 4. The average Bonchev–Trinajstić information content (AvgIpc) is 2.95. The molecule has 0 saturated heterocycles. The summed E-state index contributed by atoms with van der Waals surface area (Å²) in [4.78, 5) is 8.42. The van der Waals surface area contributed by atoms with Gasteiger partial charge in [-0.3, -0.25) is 0 Å². The predicted octanol–water partition coefficient (Wildman–Crippen LogP) is 2.84. The van der Waals surface area contributed by atoms with Crippen LogP contribution in [0.15, 0.2) is 30.6 Å². The zero-order valence-corrected chi connectivity index (χ0v) is 13.5. The van der Waals surface area contributed by atoms with Gasteiger partial charge in [-0.25, -0.2) is 18.7 Å². The molecule has 1 aromatic carbocycles. The summed E-state index contributed by atoms with van der Waals surface area (Å²) in [5.74, 6) is 0.828. The molecular formula is C17H16F2N6. The van der Waals surface area contributed by atoms with Crippen molar-refractivity contribution in [2.24, 2.45) is 7.05 Å². The minimum atomic E-state index is -2.48. The van der Waals surface area contributed by atoms with Crippen molar-refractivity contribution in [2.45, 2.75) is 19.4 Å². The lowest BCUT2D eigenvalue weighted by molar-refractivity contribution is 0.149. The number of rotatable bonds is 5. The number of nitrogens with two attached hydrogens (primary N) is 1. The molecule has 0 bridgehead atoms. The van der Waals surface area contributed by atoms with Gasteiger partial charge in [0.1, 0.15) is 11.3 Å². The normalized spacial score (nSPS) is 11.0. The summed E-state index contributed by atoms with van der Waals surface area (Å²) in [5.41, 5.74) is 8.83. The molecule has 0 amide bonds. The Kier molecular flexibility index (Phi) is 4.48. The lowest BCUT2D eigenvalue weighted by Crippen LogP contribution is -2.08. The van der Waals surface area contributed by atoms with Crippen molar-refractivity contribution >= 4 is 22.7 Å². The Morgan fingerprint density at radius 1 is 1.32 bits per heavy atom. The maximum absolute atomic E-state index is 12.8. The third-order valence-electron chi connectivity index (χ3n) is 3.91. The highest BCUT2D eigenvalue weighted by Crippen LogP contribution is 2.22. The molecule has 6 nitrogen and oxygen atoms in total. The van der Waals surface area contributed by atoms with E-state index in [9.17, 15) is 8.78 Å². The van der Waals surface area contributed by atoms with E-state index in [4.69, 9.17) is 11.0 Å². The fourth-order valence-corrected chi connectivity index (χ4v) is 2.65. The van der Waals surface area contributed by atoms with E-state index in [-0.39, 0.29) is 0 Å². The van der Waals surface area contributed by atoms with Crippen LogP contribution >= 0.6 is 0 Å². The second-order valence-electron chi connectivity index (χ2n) is 5.66. The van der Waals surface area contributed by atoms with Crippen LogP contribution in [0.1, 0.15) is 16.7 Å². The summed E-state index contributed by atoms with van der Waals surface area (Å²) in [6.07, 6.45) is -1.23. The first-order valence-corrected chi connectivity index (χ1v) is 7.59. The first kappa shape index (κ1) is 16.6. The van der Waals surface area contributed by atoms with Crippen LogP contribution in [0, 0.1) is 11.3 Å². The third kappa shape index (κ3) is 3.50. The van der Waals surface area contributed by atoms with Crippen molar-refractivity contribution in [3.8, 4) is 6.07 Å². The molecule has 2 heterocycles. The van der Waals surface area contributed by atoms with Crippen molar-refractivity contribution in [1.29, 1.82) is 5.26 Å². The number of hydrogen-bond donors (Lipinski definition) is 2. The molecule has 0 atom stereocenters. The number of aromatic nitrogens is 3. The summed E-state index contributed by atoms with van der Waals surface area (Å²) >= 11 is 0. The molecule has 3 rings (SSSR count). The van der Waals surface area contributed by atoms with Crippen LogP contribution in [0.5, 0.6) is 0 Å². The van der Waals surface area contributed by atoms with Gasteiger partial charge in [0, 0.05) is 26.1 Å². The van der Waals surface area contributed by atoms with Gasteiger partial charge in [-0.1, -0.05) is 6.07 Å². The smallest absolute Gasteiger partial charge is 0.242 e. The van der Waals surface area contributed by atoms with Gasteiger partial charge in [0.25, 0.3) is 0 Å². The molecular weight excluding hydrogens is 326 g/mol. The predicted molar refractivity (Wildman–Crippen MR) is 91.1 cm³/mol. The molecule has 2 aromatic heterocycles. The monoisotopic (exact) mass is 342 g/mol. The average molecular weight is 342 g/mol.